The van der Waals surface area contributed by atoms with Crippen molar-refractivity contribution >= 4 is 7.60 Å². The Morgan fingerprint density at radius 1 is 1.08 bits per heavy atom. The van der Waals surface area contributed by atoms with Crippen LogP contribution >= 0.6 is 7.60 Å². The van der Waals surface area contributed by atoms with Gasteiger partial charge in [0.2, 0.25) is 0 Å². The maximum Gasteiger partial charge on any atom is 0.331 e. The van der Waals surface area contributed by atoms with E-state index in [4.69, 9.17) is 9.05 Å². The summed E-state index contributed by atoms with van der Waals surface area (Å²) in [5, 5.41) is 0. The van der Waals surface area contributed by atoms with Gasteiger partial charge in [-0.1, -0.05) is 26.7 Å². The molecule has 0 fully saturated rings. The van der Waals surface area contributed by atoms with Gasteiger partial charge >= 0.3 is 7.60 Å². The van der Waals surface area contributed by atoms with Crippen molar-refractivity contribution in [1.29, 1.82) is 0 Å². The van der Waals surface area contributed by atoms with Gasteiger partial charge in [-0.05, 0) is 12.8 Å². The van der Waals surface area contributed by atoms with E-state index in [1.54, 1.807) is 0 Å². The molecule has 0 saturated heterocycles. The van der Waals surface area contributed by atoms with Crippen molar-refractivity contribution < 1.29 is 13.6 Å². The van der Waals surface area contributed by atoms with E-state index in [0.29, 0.717) is 13.2 Å². The lowest BCUT2D eigenvalue weighted by molar-refractivity contribution is 0.207. The summed E-state index contributed by atoms with van der Waals surface area (Å²) < 4.78 is 21.5. The number of rotatable bonds is 8. The van der Waals surface area contributed by atoms with Gasteiger partial charge in [-0.15, -0.1) is 0 Å². The van der Waals surface area contributed by atoms with Crippen LogP contribution in [0.15, 0.2) is 0 Å². The lowest BCUT2D eigenvalue weighted by Crippen LogP contribution is -1.96. The van der Waals surface area contributed by atoms with Crippen molar-refractivity contribution in [2.75, 3.05) is 13.2 Å². The topological polar surface area (TPSA) is 35.5 Å². The van der Waals surface area contributed by atoms with Crippen LogP contribution in [0.1, 0.15) is 39.5 Å². The van der Waals surface area contributed by atoms with Crippen LogP contribution in [0.4, 0.5) is 0 Å². The van der Waals surface area contributed by atoms with Crippen LogP contribution in [0.2, 0.25) is 0 Å². The molecule has 0 unspecified atom stereocenters. The molecule has 0 rings (SSSR count). The van der Waals surface area contributed by atoms with Crippen LogP contribution in [0.3, 0.4) is 0 Å². The first-order chi connectivity index (χ1) is 6.12. The van der Waals surface area contributed by atoms with Gasteiger partial charge in [0.05, 0.1) is 19.9 Å². The van der Waals surface area contributed by atoms with Gasteiger partial charge in [0.1, 0.15) is 0 Å². The molecular weight excluding hydrogens is 187 g/mol. The SMILES string of the molecule is [CH2]P(=O)(OCCCC)OCCCC. The molecule has 0 aromatic rings. The quantitative estimate of drug-likeness (QED) is 0.450. The number of hydrogen-bond donors (Lipinski definition) is 0. The molecule has 0 heterocycles. The highest BCUT2D eigenvalue weighted by atomic mass is 31.2. The van der Waals surface area contributed by atoms with Crippen molar-refractivity contribution in [3.8, 4) is 0 Å². The maximum absolute atomic E-state index is 11.4. The van der Waals surface area contributed by atoms with Gasteiger partial charge in [0.25, 0.3) is 0 Å². The Morgan fingerprint density at radius 2 is 1.46 bits per heavy atom. The first-order valence-corrected chi connectivity index (χ1v) is 6.58. The molecule has 0 aliphatic carbocycles. The smallest absolute Gasteiger partial charge is 0.309 e. The second-order valence-electron chi connectivity index (χ2n) is 2.98. The van der Waals surface area contributed by atoms with Crippen molar-refractivity contribution in [2.45, 2.75) is 39.5 Å². The normalized spacial score (nSPS) is 11.9. The third-order valence-corrected chi connectivity index (χ3v) is 2.72. The Kier molecular flexibility index (Phi) is 7.63. The van der Waals surface area contributed by atoms with E-state index < -0.39 is 7.60 Å². The summed E-state index contributed by atoms with van der Waals surface area (Å²) in [6.07, 6.45) is 3.84. The number of hydrogen-bond acceptors (Lipinski definition) is 3. The first kappa shape index (κ1) is 13.2. The van der Waals surface area contributed by atoms with E-state index in [9.17, 15) is 4.57 Å². The summed E-state index contributed by atoms with van der Waals surface area (Å²) in [6.45, 7) is 8.48. The Bertz CT molecular complexity index is 145. The maximum atomic E-state index is 11.4. The van der Waals surface area contributed by atoms with Crippen LogP contribution in [-0.2, 0) is 13.6 Å². The Labute approximate surface area is 81.3 Å². The summed E-state index contributed by atoms with van der Waals surface area (Å²) in [5.41, 5.74) is 0. The molecule has 0 aliphatic heterocycles. The van der Waals surface area contributed by atoms with E-state index in [1.165, 1.54) is 0 Å². The van der Waals surface area contributed by atoms with Crippen molar-refractivity contribution in [3.63, 3.8) is 0 Å². The Balaban J connectivity index is 3.49. The molecule has 1 radical (unpaired) electrons. The summed E-state index contributed by atoms with van der Waals surface area (Å²) in [7, 11) is -3.00. The van der Waals surface area contributed by atoms with Crippen molar-refractivity contribution in [2.24, 2.45) is 0 Å². The van der Waals surface area contributed by atoms with Crippen LogP contribution < -0.4 is 0 Å². The Hall–Kier alpha value is 0.150. The fourth-order valence-electron chi connectivity index (χ4n) is 0.733. The molecule has 4 heteroatoms. The van der Waals surface area contributed by atoms with E-state index >= 15 is 0 Å². The lowest BCUT2D eigenvalue weighted by atomic mass is 10.4. The van der Waals surface area contributed by atoms with E-state index in [2.05, 4.69) is 20.5 Å². The fraction of sp³-hybridized carbons (Fsp3) is 0.889. The zero-order valence-electron chi connectivity index (χ0n) is 8.62. The second kappa shape index (κ2) is 7.54. The molecule has 0 aromatic carbocycles. The van der Waals surface area contributed by atoms with Gasteiger partial charge in [0.15, 0.2) is 0 Å². The summed E-state index contributed by atoms with van der Waals surface area (Å²) >= 11 is 0. The molecule has 0 aromatic heterocycles. The zero-order chi connectivity index (χ0) is 10.2. The van der Waals surface area contributed by atoms with Crippen molar-refractivity contribution in [1.82, 2.24) is 0 Å². The average Bonchev–Trinajstić information content (AvgIpc) is 2.05. The predicted octanol–water partition coefficient (Wildman–Crippen LogP) is 3.60. The van der Waals surface area contributed by atoms with Gasteiger partial charge < -0.3 is 9.05 Å². The van der Waals surface area contributed by atoms with Gasteiger partial charge in [-0.25, -0.2) is 0 Å². The molecule has 0 atom stereocenters. The minimum atomic E-state index is -3.00. The molecule has 0 N–H and O–H groups in total. The van der Waals surface area contributed by atoms with Gasteiger partial charge in [0, 0.05) is 0 Å². The second-order valence-corrected chi connectivity index (χ2v) is 4.72. The molecule has 13 heavy (non-hydrogen) atoms. The monoisotopic (exact) mass is 207 g/mol. The molecule has 0 amide bonds. The van der Waals surface area contributed by atoms with E-state index in [-0.39, 0.29) is 0 Å². The molecule has 0 bridgehead atoms. The van der Waals surface area contributed by atoms with Gasteiger partial charge in [-0.2, -0.15) is 0 Å². The fourth-order valence-corrected chi connectivity index (χ4v) is 1.62. The minimum Gasteiger partial charge on any atom is -0.309 e. The van der Waals surface area contributed by atoms with Crippen LogP contribution in [0.25, 0.3) is 0 Å². The highest BCUT2D eigenvalue weighted by molar-refractivity contribution is 7.55. The number of unbranched alkanes of at least 4 members (excludes halogenated alkanes) is 2. The third kappa shape index (κ3) is 8.48. The molecule has 79 valence electrons. The van der Waals surface area contributed by atoms with Crippen LogP contribution in [0.5, 0.6) is 0 Å². The predicted molar refractivity (Wildman–Crippen MR) is 54.7 cm³/mol. The average molecular weight is 207 g/mol. The van der Waals surface area contributed by atoms with Gasteiger partial charge in [-0.3, -0.25) is 4.57 Å². The first-order valence-electron chi connectivity index (χ1n) is 4.86. The van der Waals surface area contributed by atoms with Crippen LogP contribution in [-0.4, -0.2) is 13.2 Å². The molecule has 0 aliphatic rings. The summed E-state index contributed by atoms with van der Waals surface area (Å²) in [6, 6.07) is 0. The standard InChI is InChI=1S/C9H20O3P/c1-4-6-8-11-13(3,10)12-9-7-5-2/h3-9H2,1-2H3. The van der Waals surface area contributed by atoms with Crippen molar-refractivity contribution in [3.05, 3.63) is 6.66 Å². The molecule has 0 spiro atoms. The minimum absolute atomic E-state index is 0.476. The summed E-state index contributed by atoms with van der Waals surface area (Å²) in [5.74, 6) is 0. The summed E-state index contributed by atoms with van der Waals surface area (Å²) in [4.78, 5) is 0. The highest BCUT2D eigenvalue weighted by Crippen LogP contribution is 2.46. The zero-order valence-corrected chi connectivity index (χ0v) is 9.52. The molecule has 0 saturated carbocycles. The third-order valence-electron chi connectivity index (χ3n) is 1.57. The lowest BCUT2D eigenvalue weighted by Gasteiger charge is -2.13. The Morgan fingerprint density at radius 3 is 1.77 bits per heavy atom. The van der Waals surface area contributed by atoms with Crippen LogP contribution in [0, 0.1) is 6.66 Å². The van der Waals surface area contributed by atoms with E-state index in [1.807, 2.05) is 0 Å². The largest absolute Gasteiger partial charge is 0.331 e. The molecule has 3 nitrogen and oxygen atoms in total. The highest BCUT2D eigenvalue weighted by Gasteiger charge is 2.15. The van der Waals surface area contributed by atoms with E-state index in [0.717, 1.165) is 25.7 Å². The molecular formula is C9H20O3P.